The van der Waals surface area contributed by atoms with Crippen molar-refractivity contribution in [3.8, 4) is 5.69 Å². The first-order chi connectivity index (χ1) is 39.5. The number of rotatable bonds is 14. The van der Waals surface area contributed by atoms with E-state index in [1.807, 2.05) is 12.1 Å². The van der Waals surface area contributed by atoms with Crippen molar-refractivity contribution in [3.05, 3.63) is 334 Å². The monoisotopic (exact) mass is 1030 g/mol. The van der Waals surface area contributed by atoms with Gasteiger partial charge in [-0.05, 0) is 176 Å². The summed E-state index contributed by atoms with van der Waals surface area (Å²) in [6.45, 7) is 10.5. The van der Waals surface area contributed by atoms with E-state index in [0.29, 0.717) is 0 Å². The molecule has 0 radical (unpaired) electrons. The molecular formula is C75H61N5. The fraction of sp³-hybridized carbons (Fsp3) is 0.0400. The van der Waals surface area contributed by atoms with Gasteiger partial charge in [-0.25, -0.2) is 0 Å². The van der Waals surface area contributed by atoms with Gasteiger partial charge in [0, 0.05) is 84.4 Å². The van der Waals surface area contributed by atoms with Crippen molar-refractivity contribution < 1.29 is 0 Å². The van der Waals surface area contributed by atoms with E-state index < -0.39 is 0 Å². The molecule has 1 aromatic heterocycles. The van der Waals surface area contributed by atoms with Gasteiger partial charge < -0.3 is 24.2 Å². The minimum atomic E-state index is 0.826. The van der Waals surface area contributed by atoms with Crippen LogP contribution in [-0.4, -0.2) is 4.57 Å². The van der Waals surface area contributed by atoms with Crippen LogP contribution in [-0.2, 0) is 0 Å². The molecule has 0 atom stereocenters. The molecule has 12 aromatic rings. The fourth-order valence-corrected chi connectivity index (χ4v) is 11.1. The summed E-state index contributed by atoms with van der Waals surface area (Å²) in [5.74, 6) is 0. The second kappa shape index (κ2) is 23.1. The fourth-order valence-electron chi connectivity index (χ4n) is 11.1. The molecule has 386 valence electrons. The van der Waals surface area contributed by atoms with Crippen LogP contribution in [0.2, 0.25) is 0 Å². The normalized spacial score (nSPS) is 11.8. The third-order valence-electron chi connectivity index (χ3n) is 14.8. The van der Waals surface area contributed by atoms with E-state index in [1.165, 1.54) is 49.5 Å². The first kappa shape index (κ1) is 50.5. The minimum Gasteiger partial charge on any atom is -0.314 e. The predicted molar refractivity (Wildman–Crippen MR) is 342 cm³/mol. The zero-order valence-corrected chi connectivity index (χ0v) is 44.9. The highest BCUT2D eigenvalue weighted by Gasteiger charge is 2.21. The Labute approximate surface area is 470 Å². The summed E-state index contributed by atoms with van der Waals surface area (Å²) >= 11 is 0. The predicted octanol–water partition coefficient (Wildman–Crippen LogP) is 21.1. The van der Waals surface area contributed by atoms with E-state index in [4.69, 9.17) is 0 Å². The quantitative estimate of drug-likeness (QED) is 0.101. The number of hydrogen-bond donors (Lipinski definition) is 0. The van der Waals surface area contributed by atoms with Gasteiger partial charge in [-0.2, -0.15) is 0 Å². The van der Waals surface area contributed by atoms with Gasteiger partial charge in [-0.15, -0.1) is 0 Å². The number of allylic oxidation sites excluding steroid dienone is 4. The number of hydrogen-bond acceptors (Lipinski definition) is 4. The molecule has 0 N–H and O–H groups in total. The Balaban J connectivity index is 0.000000167. The number of aromatic nitrogens is 1. The van der Waals surface area contributed by atoms with Crippen LogP contribution < -0.4 is 19.6 Å². The molecule has 11 aromatic carbocycles. The highest BCUT2D eigenvalue weighted by molar-refractivity contribution is 6.01. The molecular weight excluding hydrogens is 971 g/mol. The minimum absolute atomic E-state index is 0.826. The average Bonchev–Trinajstić information content (AvgIpc) is 4.02. The summed E-state index contributed by atoms with van der Waals surface area (Å²) in [5.41, 5.74) is 16.7. The van der Waals surface area contributed by atoms with Crippen molar-refractivity contribution in [2.75, 3.05) is 19.6 Å². The van der Waals surface area contributed by atoms with Crippen molar-refractivity contribution >= 4 is 89.3 Å². The number of aryl methyl sites for hydroxylation is 1. The zero-order chi connectivity index (χ0) is 54.2. The maximum atomic E-state index is 4.28. The van der Waals surface area contributed by atoms with Crippen LogP contribution in [0, 0.1) is 6.92 Å². The molecule has 0 bridgehead atoms. The summed E-state index contributed by atoms with van der Waals surface area (Å²) in [6.07, 6.45) is 10.8. The Morgan fingerprint density at radius 1 is 0.400 bits per heavy atom. The molecule has 0 unspecified atom stereocenters. The van der Waals surface area contributed by atoms with Gasteiger partial charge in [0.05, 0.1) is 16.9 Å². The number of benzene rings is 11. The maximum Gasteiger partial charge on any atom is 0.0540 e. The van der Waals surface area contributed by atoms with Gasteiger partial charge in [0.25, 0.3) is 0 Å². The van der Waals surface area contributed by atoms with Gasteiger partial charge in [0.15, 0.2) is 0 Å². The lowest BCUT2D eigenvalue weighted by atomic mass is 10.1. The van der Waals surface area contributed by atoms with Crippen LogP contribution in [0.4, 0.5) is 56.9 Å². The molecule has 1 aliphatic rings. The second-order valence-corrected chi connectivity index (χ2v) is 19.9. The topological polar surface area (TPSA) is 17.9 Å². The summed E-state index contributed by atoms with van der Waals surface area (Å²) < 4.78 is 2.34. The highest BCUT2D eigenvalue weighted by atomic mass is 15.2. The van der Waals surface area contributed by atoms with Crippen LogP contribution in [0.5, 0.6) is 0 Å². The second-order valence-electron chi connectivity index (χ2n) is 19.9. The van der Waals surface area contributed by atoms with Crippen molar-refractivity contribution in [2.24, 2.45) is 0 Å². The van der Waals surface area contributed by atoms with Crippen molar-refractivity contribution in [1.29, 1.82) is 0 Å². The Bertz CT molecular complexity index is 4110. The van der Waals surface area contributed by atoms with E-state index in [-0.39, 0.29) is 0 Å². The van der Waals surface area contributed by atoms with Gasteiger partial charge in [-0.3, -0.25) is 0 Å². The van der Waals surface area contributed by atoms with Crippen molar-refractivity contribution in [2.45, 2.75) is 19.8 Å². The molecule has 0 aliphatic heterocycles. The Kier molecular flexibility index (Phi) is 14.6. The highest BCUT2D eigenvalue weighted by Crippen LogP contribution is 2.43. The third-order valence-corrected chi connectivity index (χ3v) is 14.8. The Morgan fingerprint density at radius 2 is 0.850 bits per heavy atom. The molecule has 5 nitrogen and oxygen atoms in total. The first-order valence-electron chi connectivity index (χ1n) is 27.4. The number of fused-ring (bicyclic) bond motifs is 3. The van der Waals surface area contributed by atoms with E-state index >= 15 is 0 Å². The molecule has 80 heavy (non-hydrogen) atoms. The summed E-state index contributed by atoms with van der Waals surface area (Å²) in [5, 5.41) is 6.02. The van der Waals surface area contributed by atoms with Gasteiger partial charge >= 0.3 is 0 Å². The van der Waals surface area contributed by atoms with Gasteiger partial charge in [-0.1, -0.05) is 171 Å². The Hall–Kier alpha value is -10.4. The molecule has 5 heteroatoms. The largest absolute Gasteiger partial charge is 0.314 e. The van der Waals surface area contributed by atoms with Gasteiger partial charge in [0.1, 0.15) is 0 Å². The summed E-state index contributed by atoms with van der Waals surface area (Å²) in [4.78, 5) is 9.17. The smallest absolute Gasteiger partial charge is 0.0540 e. The van der Waals surface area contributed by atoms with Crippen LogP contribution in [0.3, 0.4) is 0 Å². The molecule has 13 rings (SSSR count). The maximum absolute atomic E-state index is 4.28. The molecule has 1 heterocycles. The van der Waals surface area contributed by atoms with Crippen LogP contribution >= 0.6 is 0 Å². The van der Waals surface area contributed by atoms with E-state index in [1.54, 1.807) is 6.08 Å². The summed E-state index contributed by atoms with van der Waals surface area (Å²) in [7, 11) is 0. The van der Waals surface area contributed by atoms with Gasteiger partial charge in [0.2, 0.25) is 0 Å². The van der Waals surface area contributed by atoms with Crippen LogP contribution in [0.25, 0.3) is 38.1 Å². The molecule has 0 spiro atoms. The lowest BCUT2D eigenvalue weighted by Crippen LogP contribution is -2.16. The lowest BCUT2D eigenvalue weighted by Gasteiger charge is -2.30. The SMILES string of the molecule is C=CC(=C)N(c1ccc(N(c2ccccc2)c2ccccc2)cc1)c1cccc2ccccc12.Cc1cc2cc(N(c3ccc(N(C4=CCCC=C4)c4ccccc4)cc3)c3cccc4ccccc34)ccc2n1-c1ccccc1. The van der Waals surface area contributed by atoms with E-state index in [2.05, 4.69) is 329 Å². The van der Waals surface area contributed by atoms with Crippen LogP contribution in [0.1, 0.15) is 18.5 Å². The molecule has 0 saturated heterocycles. The summed E-state index contributed by atoms with van der Waals surface area (Å²) in [6, 6.07) is 98.8. The third kappa shape index (κ3) is 10.3. The Morgan fingerprint density at radius 3 is 1.41 bits per heavy atom. The number of anilines is 10. The standard InChI is InChI=1S/C43H35N3.C32H26N2/c1-32-30-34-31-40(28-29-42(34)44(32)35-16-5-2-6-17-35)46(43-23-13-15-33-14-11-12-22-41(33)43)39-26-24-38(25-27-39)45(36-18-7-3-8-19-36)37-20-9-4-10-21-37;1-3-25(2)33(32-20-12-14-26-13-10-11-19-31(26)32)29-21-23-30(24-22-29)34(27-15-6-4-7-16-27)28-17-8-5-9-18-28/h2-3,5-9,11-31H,4,10H2,1H3;3-24H,1-2H2. The molecule has 0 fully saturated rings. The van der Waals surface area contributed by atoms with E-state index in [0.717, 1.165) is 75.4 Å². The number of nitrogens with zero attached hydrogens (tertiary/aromatic N) is 5. The molecule has 0 amide bonds. The van der Waals surface area contributed by atoms with E-state index in [9.17, 15) is 0 Å². The van der Waals surface area contributed by atoms with Crippen LogP contribution in [0.15, 0.2) is 328 Å². The lowest BCUT2D eigenvalue weighted by molar-refractivity contribution is 0.997. The zero-order valence-electron chi connectivity index (χ0n) is 44.9. The average molecular weight is 1030 g/mol. The molecule has 1 aliphatic carbocycles. The van der Waals surface area contributed by atoms with Crippen molar-refractivity contribution in [1.82, 2.24) is 4.57 Å². The first-order valence-corrected chi connectivity index (χ1v) is 27.4. The number of para-hydroxylation sites is 4. The van der Waals surface area contributed by atoms with Crippen molar-refractivity contribution in [3.63, 3.8) is 0 Å². The molecule has 0 saturated carbocycles.